The fourth-order valence-electron chi connectivity index (χ4n) is 4.26. The highest BCUT2D eigenvalue weighted by atomic mass is 16.5. The number of fused-ring (bicyclic) bond motifs is 2. The molecule has 1 aliphatic carbocycles. The van der Waals surface area contributed by atoms with Gasteiger partial charge in [-0.1, -0.05) is 19.3 Å². The Bertz CT molecular complexity index is 586. The van der Waals surface area contributed by atoms with Gasteiger partial charge in [-0.3, -0.25) is 4.79 Å². The number of hydrogen-bond acceptors (Lipinski definition) is 3. The summed E-state index contributed by atoms with van der Waals surface area (Å²) >= 11 is 0. The van der Waals surface area contributed by atoms with E-state index >= 15 is 0 Å². The van der Waals surface area contributed by atoms with Gasteiger partial charge in [-0.15, -0.1) is 0 Å². The van der Waals surface area contributed by atoms with Gasteiger partial charge in [0, 0.05) is 25.1 Å². The summed E-state index contributed by atoms with van der Waals surface area (Å²) < 4.78 is 11.4. The second-order valence-corrected chi connectivity index (χ2v) is 7.06. The van der Waals surface area contributed by atoms with Crippen molar-refractivity contribution in [2.24, 2.45) is 11.8 Å². The van der Waals surface area contributed by atoms with E-state index in [0.29, 0.717) is 24.9 Å². The summed E-state index contributed by atoms with van der Waals surface area (Å²) in [6, 6.07) is 5.61. The molecular formula is C19H25NO3. The minimum Gasteiger partial charge on any atom is -0.490 e. The lowest BCUT2D eigenvalue weighted by molar-refractivity contribution is 0.0520. The quantitative estimate of drug-likeness (QED) is 0.796. The number of piperidine rings is 1. The van der Waals surface area contributed by atoms with Crippen LogP contribution < -0.4 is 9.47 Å². The zero-order valence-corrected chi connectivity index (χ0v) is 13.6. The van der Waals surface area contributed by atoms with E-state index in [1.165, 1.54) is 32.1 Å². The summed E-state index contributed by atoms with van der Waals surface area (Å²) in [5.41, 5.74) is 0.725. The van der Waals surface area contributed by atoms with E-state index in [0.717, 1.165) is 36.7 Å². The largest absolute Gasteiger partial charge is 0.490 e. The number of carbonyl (C=O) groups is 1. The smallest absolute Gasteiger partial charge is 0.254 e. The van der Waals surface area contributed by atoms with E-state index in [1.54, 1.807) is 0 Å². The third kappa shape index (κ3) is 3.04. The van der Waals surface area contributed by atoms with Gasteiger partial charge in [-0.05, 0) is 42.9 Å². The number of likely N-dealkylation sites (tertiary alicyclic amines) is 1. The van der Waals surface area contributed by atoms with E-state index in [1.807, 2.05) is 23.1 Å². The fraction of sp³-hybridized carbons (Fsp3) is 0.632. The van der Waals surface area contributed by atoms with Crippen LogP contribution in [0.1, 0.15) is 48.9 Å². The summed E-state index contributed by atoms with van der Waals surface area (Å²) in [5, 5.41) is 0. The van der Waals surface area contributed by atoms with Crippen molar-refractivity contribution >= 4 is 5.91 Å². The van der Waals surface area contributed by atoms with Gasteiger partial charge in [-0.2, -0.15) is 0 Å². The SMILES string of the molecule is O=C(c1ccc2c(c1)OCCCO2)N1CC[C@H]2CCCC[C@@H]2C1. The molecule has 124 valence electrons. The lowest BCUT2D eigenvalue weighted by Crippen LogP contribution is -2.44. The highest BCUT2D eigenvalue weighted by Gasteiger charge is 2.33. The molecule has 1 amide bonds. The van der Waals surface area contributed by atoms with Gasteiger partial charge in [0.2, 0.25) is 0 Å². The first-order valence-corrected chi connectivity index (χ1v) is 9.00. The molecule has 0 bridgehead atoms. The second kappa shape index (κ2) is 6.42. The van der Waals surface area contributed by atoms with Crippen molar-refractivity contribution in [3.8, 4) is 11.5 Å². The molecule has 4 nitrogen and oxygen atoms in total. The van der Waals surface area contributed by atoms with Crippen molar-refractivity contribution in [2.75, 3.05) is 26.3 Å². The number of amides is 1. The Kier molecular flexibility index (Phi) is 4.15. The molecule has 2 atom stereocenters. The Morgan fingerprint density at radius 1 is 0.957 bits per heavy atom. The third-order valence-corrected chi connectivity index (χ3v) is 5.57. The molecule has 4 rings (SSSR count). The van der Waals surface area contributed by atoms with E-state index < -0.39 is 0 Å². The molecule has 4 heteroatoms. The molecule has 0 N–H and O–H groups in total. The predicted octanol–water partition coefficient (Wildman–Crippen LogP) is 3.50. The third-order valence-electron chi connectivity index (χ3n) is 5.57. The predicted molar refractivity (Wildman–Crippen MR) is 88.0 cm³/mol. The van der Waals surface area contributed by atoms with Crippen molar-refractivity contribution in [1.82, 2.24) is 4.90 Å². The van der Waals surface area contributed by atoms with Crippen LogP contribution in [0.2, 0.25) is 0 Å². The van der Waals surface area contributed by atoms with Crippen molar-refractivity contribution < 1.29 is 14.3 Å². The van der Waals surface area contributed by atoms with Crippen LogP contribution in [0, 0.1) is 11.8 Å². The molecule has 1 saturated heterocycles. The molecule has 23 heavy (non-hydrogen) atoms. The van der Waals surface area contributed by atoms with Crippen molar-refractivity contribution in [2.45, 2.75) is 38.5 Å². The maximum Gasteiger partial charge on any atom is 0.254 e. The fourth-order valence-corrected chi connectivity index (χ4v) is 4.26. The summed E-state index contributed by atoms with van der Waals surface area (Å²) in [5.74, 6) is 3.16. The average molecular weight is 315 g/mol. The van der Waals surface area contributed by atoms with Crippen LogP contribution in [-0.4, -0.2) is 37.1 Å². The van der Waals surface area contributed by atoms with Gasteiger partial charge in [0.25, 0.3) is 5.91 Å². The van der Waals surface area contributed by atoms with Gasteiger partial charge < -0.3 is 14.4 Å². The topological polar surface area (TPSA) is 38.8 Å². The van der Waals surface area contributed by atoms with Crippen LogP contribution in [0.4, 0.5) is 0 Å². The first kappa shape index (κ1) is 14.9. The zero-order valence-electron chi connectivity index (χ0n) is 13.6. The average Bonchev–Trinajstić information content (AvgIpc) is 2.85. The van der Waals surface area contributed by atoms with E-state index in [-0.39, 0.29) is 5.91 Å². The lowest BCUT2D eigenvalue weighted by atomic mass is 9.75. The van der Waals surface area contributed by atoms with Crippen LogP contribution in [0.25, 0.3) is 0 Å². The van der Waals surface area contributed by atoms with Crippen LogP contribution in [-0.2, 0) is 0 Å². The maximum atomic E-state index is 12.9. The summed E-state index contributed by atoms with van der Waals surface area (Å²) in [4.78, 5) is 14.9. The summed E-state index contributed by atoms with van der Waals surface area (Å²) in [6.07, 6.45) is 7.39. The van der Waals surface area contributed by atoms with Crippen LogP contribution in [0.3, 0.4) is 0 Å². The Hall–Kier alpha value is -1.71. The van der Waals surface area contributed by atoms with Crippen molar-refractivity contribution in [3.05, 3.63) is 23.8 Å². The summed E-state index contributed by atoms with van der Waals surface area (Å²) in [6.45, 7) is 3.15. The number of ether oxygens (including phenoxy) is 2. The first-order chi connectivity index (χ1) is 11.3. The molecule has 2 aliphatic heterocycles. The van der Waals surface area contributed by atoms with Crippen LogP contribution >= 0.6 is 0 Å². The highest BCUT2D eigenvalue weighted by Crippen LogP contribution is 2.37. The standard InChI is InChI=1S/C19H25NO3/c21-19(20-9-8-14-4-1-2-5-16(14)13-20)15-6-7-17-18(12-15)23-11-3-10-22-17/h6-7,12,14,16H,1-5,8-11,13H2/t14-,16-/m1/s1. The molecule has 0 aromatic heterocycles. The van der Waals surface area contributed by atoms with Gasteiger partial charge in [0.05, 0.1) is 13.2 Å². The molecule has 0 spiro atoms. The van der Waals surface area contributed by atoms with Gasteiger partial charge >= 0.3 is 0 Å². The molecule has 2 heterocycles. The van der Waals surface area contributed by atoms with E-state index in [2.05, 4.69) is 0 Å². The summed E-state index contributed by atoms with van der Waals surface area (Å²) in [7, 11) is 0. The molecule has 1 aromatic carbocycles. The van der Waals surface area contributed by atoms with E-state index in [9.17, 15) is 4.79 Å². The molecule has 0 unspecified atom stereocenters. The van der Waals surface area contributed by atoms with Crippen molar-refractivity contribution in [1.29, 1.82) is 0 Å². The minimum absolute atomic E-state index is 0.143. The normalized spacial score (nSPS) is 27.0. The number of carbonyl (C=O) groups excluding carboxylic acids is 1. The van der Waals surface area contributed by atoms with Crippen LogP contribution in [0.15, 0.2) is 18.2 Å². The Morgan fingerprint density at radius 3 is 2.61 bits per heavy atom. The van der Waals surface area contributed by atoms with Gasteiger partial charge in [-0.25, -0.2) is 0 Å². The minimum atomic E-state index is 0.143. The molecule has 0 radical (unpaired) electrons. The molecular weight excluding hydrogens is 290 g/mol. The number of hydrogen-bond donors (Lipinski definition) is 0. The Balaban J connectivity index is 1.49. The lowest BCUT2D eigenvalue weighted by Gasteiger charge is -2.41. The molecule has 1 aromatic rings. The first-order valence-electron chi connectivity index (χ1n) is 9.00. The second-order valence-electron chi connectivity index (χ2n) is 7.06. The maximum absolute atomic E-state index is 12.9. The van der Waals surface area contributed by atoms with Crippen LogP contribution in [0.5, 0.6) is 11.5 Å². The van der Waals surface area contributed by atoms with E-state index in [4.69, 9.17) is 9.47 Å². The monoisotopic (exact) mass is 315 g/mol. The molecule has 2 fully saturated rings. The molecule has 1 saturated carbocycles. The zero-order chi connectivity index (χ0) is 15.6. The van der Waals surface area contributed by atoms with Gasteiger partial charge in [0.1, 0.15) is 0 Å². The molecule has 3 aliphatic rings. The number of rotatable bonds is 1. The number of nitrogens with zero attached hydrogens (tertiary/aromatic N) is 1. The van der Waals surface area contributed by atoms with Gasteiger partial charge in [0.15, 0.2) is 11.5 Å². The Morgan fingerprint density at radius 2 is 1.74 bits per heavy atom. The number of benzene rings is 1. The Labute approximate surface area is 137 Å². The van der Waals surface area contributed by atoms with Crippen molar-refractivity contribution in [3.63, 3.8) is 0 Å². The highest BCUT2D eigenvalue weighted by molar-refractivity contribution is 5.95.